The van der Waals surface area contributed by atoms with Gasteiger partial charge in [-0.2, -0.15) is 4.89 Å². The molecule has 4 heteroatoms. The molecular formula is C7H13NO3. The lowest BCUT2D eigenvalue weighted by atomic mass is 10.2. The summed E-state index contributed by atoms with van der Waals surface area (Å²) < 4.78 is 0. The molecule has 0 heterocycles. The highest BCUT2D eigenvalue weighted by Gasteiger charge is 2.02. The van der Waals surface area contributed by atoms with Crippen molar-refractivity contribution in [2.45, 2.75) is 27.2 Å². The molecule has 0 fully saturated rings. The van der Waals surface area contributed by atoms with E-state index >= 15 is 0 Å². The average Bonchev–Trinajstić information content (AvgIpc) is 2.03. The summed E-state index contributed by atoms with van der Waals surface area (Å²) in [6, 6.07) is 0. The van der Waals surface area contributed by atoms with Crippen LogP contribution in [0, 0.1) is 0 Å². The van der Waals surface area contributed by atoms with Gasteiger partial charge in [-0.05, 0) is 19.0 Å². The van der Waals surface area contributed by atoms with Crippen LogP contribution in [-0.2, 0) is 14.7 Å². The van der Waals surface area contributed by atoms with Gasteiger partial charge in [0.25, 0.3) is 0 Å². The highest BCUT2D eigenvalue weighted by Crippen LogP contribution is 1.88. The lowest BCUT2D eigenvalue weighted by Crippen LogP contribution is -2.08. The van der Waals surface area contributed by atoms with Crippen LogP contribution in [-0.4, -0.2) is 18.1 Å². The number of carbonyl (C=O) groups is 1. The summed E-state index contributed by atoms with van der Waals surface area (Å²) >= 11 is 0. The molecule has 0 rings (SSSR count). The Bertz CT molecular complexity index is 154. The van der Waals surface area contributed by atoms with Crippen molar-refractivity contribution in [3.05, 3.63) is 0 Å². The molecule has 0 N–H and O–H groups in total. The van der Waals surface area contributed by atoms with Gasteiger partial charge in [-0.25, -0.2) is 4.99 Å². The normalized spacial score (nSPS) is 11.4. The molecule has 0 atom stereocenters. The molecule has 64 valence electrons. The highest BCUT2D eigenvalue weighted by atomic mass is 17.3. The summed E-state index contributed by atoms with van der Waals surface area (Å²) in [5, 5.41) is 3.43. The lowest BCUT2D eigenvalue weighted by Gasteiger charge is -1.95. The zero-order valence-corrected chi connectivity index (χ0v) is 7.09. The standard InChI is InChI=1S/C7H13NO3/c1-4-7(9)6(3)8-11-10-5-2/h4-5H2,1-3H3. The van der Waals surface area contributed by atoms with Gasteiger partial charge < -0.3 is 0 Å². The van der Waals surface area contributed by atoms with E-state index in [2.05, 4.69) is 15.0 Å². The number of Topliss-reactive ketones (excluding diaryl/α,β-unsaturated/α-hetero) is 1. The number of oxime groups is 1. The summed E-state index contributed by atoms with van der Waals surface area (Å²) in [6.07, 6.45) is 0.435. The Hall–Kier alpha value is -0.900. The van der Waals surface area contributed by atoms with Gasteiger partial charge >= 0.3 is 0 Å². The summed E-state index contributed by atoms with van der Waals surface area (Å²) in [7, 11) is 0. The molecule has 0 aliphatic rings. The van der Waals surface area contributed by atoms with Gasteiger partial charge in [0, 0.05) is 6.42 Å². The number of hydrogen-bond acceptors (Lipinski definition) is 4. The number of carbonyl (C=O) groups excluding carboxylic acids is 1. The second-order valence-corrected chi connectivity index (χ2v) is 1.93. The van der Waals surface area contributed by atoms with Gasteiger partial charge in [0.1, 0.15) is 5.71 Å². The molecule has 0 bridgehead atoms. The Labute approximate surface area is 66.1 Å². The van der Waals surface area contributed by atoms with Gasteiger partial charge in [0.2, 0.25) is 0 Å². The van der Waals surface area contributed by atoms with Crippen LogP contribution in [0.4, 0.5) is 0 Å². The van der Waals surface area contributed by atoms with Crippen molar-refractivity contribution in [1.82, 2.24) is 0 Å². The average molecular weight is 159 g/mol. The van der Waals surface area contributed by atoms with E-state index in [1.54, 1.807) is 20.8 Å². The Balaban J connectivity index is 3.71. The van der Waals surface area contributed by atoms with E-state index in [1.807, 2.05) is 0 Å². The summed E-state index contributed by atoms with van der Waals surface area (Å²) in [5.74, 6) is -0.0373. The molecule has 0 amide bonds. The topological polar surface area (TPSA) is 47.9 Å². The maximum absolute atomic E-state index is 10.8. The van der Waals surface area contributed by atoms with Gasteiger partial charge in [-0.15, -0.1) is 0 Å². The minimum Gasteiger partial charge on any atom is -0.293 e. The zero-order chi connectivity index (χ0) is 8.69. The van der Waals surface area contributed by atoms with Crippen LogP contribution in [0.15, 0.2) is 5.16 Å². The number of rotatable bonds is 5. The molecule has 0 saturated heterocycles. The van der Waals surface area contributed by atoms with Crippen LogP contribution < -0.4 is 0 Å². The van der Waals surface area contributed by atoms with E-state index in [9.17, 15) is 4.79 Å². The molecule has 0 spiro atoms. The molecule has 0 unspecified atom stereocenters. The quantitative estimate of drug-likeness (QED) is 0.263. The van der Waals surface area contributed by atoms with Crippen molar-refractivity contribution in [2.75, 3.05) is 6.61 Å². The molecule has 0 aromatic heterocycles. The van der Waals surface area contributed by atoms with Crippen molar-refractivity contribution >= 4 is 11.5 Å². The minimum absolute atomic E-state index is 0.0373. The third-order valence-corrected chi connectivity index (χ3v) is 1.07. The van der Waals surface area contributed by atoms with Crippen LogP contribution >= 0.6 is 0 Å². The first-order valence-corrected chi connectivity index (χ1v) is 3.58. The van der Waals surface area contributed by atoms with Crippen molar-refractivity contribution in [1.29, 1.82) is 0 Å². The fourth-order valence-electron chi connectivity index (χ4n) is 0.442. The second-order valence-electron chi connectivity index (χ2n) is 1.93. The Morgan fingerprint density at radius 1 is 1.45 bits per heavy atom. The fraction of sp³-hybridized carbons (Fsp3) is 0.714. The van der Waals surface area contributed by atoms with Crippen molar-refractivity contribution in [3.63, 3.8) is 0 Å². The molecule has 0 aromatic carbocycles. The Morgan fingerprint density at radius 3 is 2.55 bits per heavy atom. The SMILES string of the molecule is CCOON=C(C)C(=O)CC. The summed E-state index contributed by atoms with van der Waals surface area (Å²) in [6.45, 7) is 5.54. The molecule has 0 aliphatic heterocycles. The van der Waals surface area contributed by atoms with E-state index in [0.717, 1.165) is 0 Å². The van der Waals surface area contributed by atoms with Crippen LogP contribution in [0.25, 0.3) is 0 Å². The highest BCUT2D eigenvalue weighted by molar-refractivity contribution is 6.38. The first-order valence-electron chi connectivity index (χ1n) is 3.58. The van der Waals surface area contributed by atoms with E-state index < -0.39 is 0 Å². The molecule has 4 nitrogen and oxygen atoms in total. The van der Waals surface area contributed by atoms with Gasteiger partial charge in [-0.1, -0.05) is 6.92 Å². The molecular weight excluding hydrogens is 146 g/mol. The molecule has 0 radical (unpaired) electrons. The smallest absolute Gasteiger partial charge is 0.179 e. The van der Waals surface area contributed by atoms with Crippen molar-refractivity contribution in [3.8, 4) is 0 Å². The van der Waals surface area contributed by atoms with E-state index in [-0.39, 0.29) is 5.78 Å². The van der Waals surface area contributed by atoms with Gasteiger partial charge in [0.15, 0.2) is 5.78 Å². The van der Waals surface area contributed by atoms with Gasteiger partial charge in [-0.3, -0.25) is 4.79 Å². The Kier molecular flexibility index (Phi) is 5.37. The lowest BCUT2D eigenvalue weighted by molar-refractivity contribution is -0.292. The fourth-order valence-corrected chi connectivity index (χ4v) is 0.442. The monoisotopic (exact) mass is 159 g/mol. The number of ketones is 1. The van der Waals surface area contributed by atoms with Crippen molar-refractivity contribution < 1.29 is 14.7 Å². The van der Waals surface area contributed by atoms with Crippen molar-refractivity contribution in [2.24, 2.45) is 5.16 Å². The van der Waals surface area contributed by atoms with Crippen LogP contribution in [0.2, 0.25) is 0 Å². The maximum atomic E-state index is 10.8. The van der Waals surface area contributed by atoms with E-state index in [0.29, 0.717) is 18.7 Å². The predicted molar refractivity (Wildman–Crippen MR) is 41.1 cm³/mol. The maximum Gasteiger partial charge on any atom is 0.179 e. The number of nitrogens with zero attached hydrogens (tertiary/aromatic N) is 1. The van der Waals surface area contributed by atoms with Crippen LogP contribution in [0.3, 0.4) is 0 Å². The predicted octanol–water partition coefficient (Wildman–Crippen LogP) is 1.31. The first kappa shape index (κ1) is 10.1. The Morgan fingerprint density at radius 2 is 2.09 bits per heavy atom. The van der Waals surface area contributed by atoms with Gasteiger partial charge in [0.05, 0.1) is 6.61 Å². The number of hydrogen-bond donors (Lipinski definition) is 0. The summed E-state index contributed by atoms with van der Waals surface area (Å²) in [5.41, 5.74) is 0.334. The van der Waals surface area contributed by atoms with E-state index in [4.69, 9.17) is 0 Å². The van der Waals surface area contributed by atoms with Crippen LogP contribution in [0.5, 0.6) is 0 Å². The summed E-state index contributed by atoms with van der Waals surface area (Å²) in [4.78, 5) is 19.6. The van der Waals surface area contributed by atoms with E-state index in [1.165, 1.54) is 0 Å². The largest absolute Gasteiger partial charge is 0.293 e. The molecule has 11 heavy (non-hydrogen) atoms. The minimum atomic E-state index is -0.0373. The first-order chi connectivity index (χ1) is 5.22. The second kappa shape index (κ2) is 5.85. The zero-order valence-electron chi connectivity index (χ0n) is 7.09. The molecule has 0 saturated carbocycles. The van der Waals surface area contributed by atoms with Crippen LogP contribution in [0.1, 0.15) is 27.2 Å². The molecule has 0 aromatic rings. The molecule has 0 aliphatic carbocycles. The third-order valence-electron chi connectivity index (χ3n) is 1.07. The third kappa shape index (κ3) is 4.50.